The number of amides is 2. The van der Waals surface area contributed by atoms with Gasteiger partial charge in [-0.15, -0.1) is 0 Å². The highest BCUT2D eigenvalue weighted by atomic mass is 35.5. The SMILES string of the molecule is COCCn1cccc(N2C(=O)[C@@H](NC(=O)c3ccc(Cl)cc3)[C@H](c3c(F)cc(OC)cc3F)[C@H]2C)c1=O. The van der Waals surface area contributed by atoms with Crippen LogP contribution in [0.3, 0.4) is 0 Å². The summed E-state index contributed by atoms with van der Waals surface area (Å²) in [7, 11) is 2.77. The highest BCUT2D eigenvalue weighted by Crippen LogP contribution is 2.40. The smallest absolute Gasteiger partial charge is 0.274 e. The predicted octanol–water partition coefficient (Wildman–Crippen LogP) is 3.75. The van der Waals surface area contributed by atoms with E-state index in [0.29, 0.717) is 5.02 Å². The molecule has 0 saturated carbocycles. The molecule has 8 nitrogen and oxygen atoms in total. The van der Waals surface area contributed by atoms with E-state index in [2.05, 4.69) is 5.32 Å². The van der Waals surface area contributed by atoms with E-state index in [1.165, 1.54) is 54.0 Å². The molecule has 1 aromatic heterocycles. The molecule has 0 bridgehead atoms. The Morgan fingerprint density at radius 3 is 2.34 bits per heavy atom. The quantitative estimate of drug-likeness (QED) is 0.466. The van der Waals surface area contributed by atoms with E-state index in [-0.39, 0.29) is 30.2 Å². The summed E-state index contributed by atoms with van der Waals surface area (Å²) in [5, 5.41) is 3.04. The third kappa shape index (κ3) is 5.14. The van der Waals surface area contributed by atoms with Crippen molar-refractivity contribution >= 4 is 29.1 Å². The number of hydrogen-bond donors (Lipinski definition) is 1. The number of methoxy groups -OCH3 is 2. The van der Waals surface area contributed by atoms with Crippen LogP contribution in [0.4, 0.5) is 14.5 Å². The van der Waals surface area contributed by atoms with Gasteiger partial charge in [-0.3, -0.25) is 14.4 Å². The van der Waals surface area contributed by atoms with Crippen LogP contribution < -0.4 is 20.5 Å². The number of nitrogens with zero attached hydrogens (tertiary/aromatic N) is 2. The highest BCUT2D eigenvalue weighted by molar-refractivity contribution is 6.30. The van der Waals surface area contributed by atoms with Crippen molar-refractivity contribution < 1.29 is 27.8 Å². The van der Waals surface area contributed by atoms with Gasteiger partial charge in [0.2, 0.25) is 0 Å². The fourth-order valence-electron chi connectivity index (χ4n) is 4.74. The number of anilines is 1. The predicted molar refractivity (Wildman–Crippen MR) is 138 cm³/mol. The molecular formula is C27H26ClF2N3O5. The molecular weight excluding hydrogens is 520 g/mol. The molecule has 11 heteroatoms. The molecule has 0 spiro atoms. The number of rotatable bonds is 8. The number of carbonyl (C=O) groups excluding carboxylic acids is 2. The first-order valence-electron chi connectivity index (χ1n) is 11.8. The van der Waals surface area contributed by atoms with Gasteiger partial charge in [-0.05, 0) is 43.3 Å². The molecule has 2 aromatic carbocycles. The number of halogens is 3. The second-order valence-corrected chi connectivity index (χ2v) is 9.26. The lowest BCUT2D eigenvalue weighted by Crippen LogP contribution is -2.44. The average molecular weight is 546 g/mol. The van der Waals surface area contributed by atoms with Gasteiger partial charge in [-0.1, -0.05) is 11.6 Å². The Bertz CT molecular complexity index is 1390. The summed E-state index contributed by atoms with van der Waals surface area (Å²) in [5.74, 6) is -4.41. The molecule has 1 aliphatic heterocycles. The maximum atomic E-state index is 15.3. The van der Waals surface area contributed by atoms with Crippen molar-refractivity contribution in [3.05, 3.63) is 92.9 Å². The molecule has 2 heterocycles. The van der Waals surface area contributed by atoms with Crippen LogP contribution in [0.1, 0.15) is 28.8 Å². The van der Waals surface area contributed by atoms with E-state index in [0.717, 1.165) is 12.1 Å². The second-order valence-electron chi connectivity index (χ2n) is 8.82. The molecule has 1 fully saturated rings. The van der Waals surface area contributed by atoms with Gasteiger partial charge in [-0.2, -0.15) is 0 Å². The molecule has 2 amide bonds. The van der Waals surface area contributed by atoms with Gasteiger partial charge >= 0.3 is 0 Å². The molecule has 0 unspecified atom stereocenters. The van der Waals surface area contributed by atoms with Gasteiger partial charge in [-0.25, -0.2) is 8.78 Å². The van der Waals surface area contributed by atoms with Crippen LogP contribution in [0.25, 0.3) is 0 Å². The molecule has 1 aliphatic rings. The lowest BCUT2D eigenvalue weighted by atomic mass is 9.87. The van der Waals surface area contributed by atoms with Crippen molar-refractivity contribution in [3.63, 3.8) is 0 Å². The lowest BCUT2D eigenvalue weighted by Gasteiger charge is -2.26. The number of benzene rings is 2. The van der Waals surface area contributed by atoms with Crippen molar-refractivity contribution in [1.82, 2.24) is 9.88 Å². The number of hydrogen-bond acceptors (Lipinski definition) is 5. The fraction of sp³-hybridized carbons (Fsp3) is 0.296. The standard InChI is InChI=1S/C27H26ClF2N3O5/c1-15-22(23-19(29)13-18(38-3)14-20(23)30)24(31-25(34)16-6-8-17(28)9-7-16)27(36)33(15)21-5-4-10-32(26(21)35)11-12-37-2/h4-10,13-15,22,24H,11-12H2,1-3H3,(H,31,34)/t15-,22+,24+/m1/s1. The van der Waals surface area contributed by atoms with Crippen LogP contribution >= 0.6 is 11.6 Å². The second kappa shape index (κ2) is 11.3. The number of carbonyl (C=O) groups is 2. The zero-order valence-electron chi connectivity index (χ0n) is 20.9. The Balaban J connectivity index is 1.81. The highest BCUT2D eigenvalue weighted by Gasteiger charge is 2.50. The Morgan fingerprint density at radius 2 is 1.74 bits per heavy atom. The Kier molecular flexibility index (Phi) is 8.13. The van der Waals surface area contributed by atoms with E-state index in [1.54, 1.807) is 19.2 Å². The van der Waals surface area contributed by atoms with E-state index in [4.69, 9.17) is 21.1 Å². The fourth-order valence-corrected chi connectivity index (χ4v) is 4.86. The van der Waals surface area contributed by atoms with E-state index >= 15 is 8.78 Å². The molecule has 3 aromatic rings. The molecule has 1 N–H and O–H groups in total. The minimum absolute atomic E-state index is 0.0173. The van der Waals surface area contributed by atoms with Crippen molar-refractivity contribution in [2.24, 2.45) is 0 Å². The summed E-state index contributed by atoms with van der Waals surface area (Å²) in [6.45, 7) is 2.07. The van der Waals surface area contributed by atoms with E-state index < -0.39 is 52.6 Å². The summed E-state index contributed by atoms with van der Waals surface area (Å²) in [6.07, 6.45) is 1.55. The van der Waals surface area contributed by atoms with Gasteiger partial charge in [0, 0.05) is 60.1 Å². The van der Waals surface area contributed by atoms with Gasteiger partial charge in [0.1, 0.15) is 29.1 Å². The van der Waals surface area contributed by atoms with Gasteiger partial charge < -0.3 is 24.3 Å². The lowest BCUT2D eigenvalue weighted by molar-refractivity contribution is -0.118. The third-order valence-corrected chi connectivity index (χ3v) is 6.85. The van der Waals surface area contributed by atoms with Crippen molar-refractivity contribution in [2.45, 2.75) is 31.5 Å². The number of aromatic nitrogens is 1. The normalized spacial score (nSPS) is 19.1. The number of ether oxygens (including phenoxy) is 2. The number of nitrogens with one attached hydrogen (secondary N) is 1. The van der Waals surface area contributed by atoms with Crippen LogP contribution in [0.5, 0.6) is 5.75 Å². The maximum absolute atomic E-state index is 15.3. The van der Waals surface area contributed by atoms with Crippen molar-refractivity contribution in [2.75, 3.05) is 25.7 Å². The topological polar surface area (TPSA) is 89.9 Å². The molecule has 4 rings (SSSR count). The summed E-state index contributed by atoms with van der Waals surface area (Å²) in [5.41, 5.74) is -0.664. The molecule has 3 atom stereocenters. The maximum Gasteiger partial charge on any atom is 0.274 e. The molecule has 0 aliphatic carbocycles. The summed E-state index contributed by atoms with van der Waals surface area (Å²) < 4.78 is 42.0. The summed E-state index contributed by atoms with van der Waals surface area (Å²) >= 11 is 5.91. The summed E-state index contributed by atoms with van der Waals surface area (Å²) in [6, 6.07) is 8.74. The minimum atomic E-state index is -1.38. The molecule has 0 radical (unpaired) electrons. The first kappa shape index (κ1) is 27.3. The summed E-state index contributed by atoms with van der Waals surface area (Å²) in [4.78, 5) is 41.3. The van der Waals surface area contributed by atoms with Gasteiger partial charge in [0.25, 0.3) is 17.4 Å². The van der Waals surface area contributed by atoms with E-state index in [9.17, 15) is 14.4 Å². The van der Waals surface area contributed by atoms with Crippen LogP contribution in [0.2, 0.25) is 5.02 Å². The van der Waals surface area contributed by atoms with Crippen molar-refractivity contribution in [1.29, 1.82) is 0 Å². The largest absolute Gasteiger partial charge is 0.497 e. The van der Waals surface area contributed by atoms with Gasteiger partial charge in [0.05, 0.1) is 13.7 Å². The first-order valence-corrected chi connectivity index (χ1v) is 12.2. The number of pyridine rings is 1. The van der Waals surface area contributed by atoms with Crippen LogP contribution in [-0.2, 0) is 16.1 Å². The van der Waals surface area contributed by atoms with E-state index in [1.807, 2.05) is 0 Å². The van der Waals surface area contributed by atoms with Crippen LogP contribution in [0.15, 0.2) is 59.5 Å². The zero-order valence-corrected chi connectivity index (χ0v) is 21.7. The average Bonchev–Trinajstić information content (AvgIpc) is 3.12. The zero-order chi connectivity index (χ0) is 27.6. The Labute approximate surface area is 222 Å². The molecule has 1 saturated heterocycles. The Hall–Kier alpha value is -3.76. The molecule has 38 heavy (non-hydrogen) atoms. The van der Waals surface area contributed by atoms with Crippen LogP contribution in [0, 0.1) is 11.6 Å². The molecule has 200 valence electrons. The van der Waals surface area contributed by atoms with Crippen LogP contribution in [-0.4, -0.2) is 49.3 Å². The monoisotopic (exact) mass is 545 g/mol. The van der Waals surface area contributed by atoms with Gasteiger partial charge in [0.15, 0.2) is 0 Å². The minimum Gasteiger partial charge on any atom is -0.497 e. The Morgan fingerprint density at radius 1 is 1.08 bits per heavy atom. The van der Waals surface area contributed by atoms with Crippen molar-refractivity contribution in [3.8, 4) is 5.75 Å². The first-order chi connectivity index (χ1) is 18.2. The third-order valence-electron chi connectivity index (χ3n) is 6.60.